The van der Waals surface area contributed by atoms with Gasteiger partial charge in [0.05, 0.1) is 16.7 Å². The van der Waals surface area contributed by atoms with E-state index in [2.05, 4.69) is 0 Å². The molecule has 3 aromatic carbocycles. The largest absolute Gasteiger partial charge is 0.456 e. The van der Waals surface area contributed by atoms with Crippen LogP contribution < -0.4 is 14.2 Å². The number of hydrogen-bond donors (Lipinski definition) is 0. The lowest BCUT2D eigenvalue weighted by Crippen LogP contribution is -2.33. The maximum Gasteiger partial charge on any atom is 0.340 e. The first-order chi connectivity index (χ1) is 15.7. The van der Waals surface area contributed by atoms with Gasteiger partial charge in [-0.05, 0) is 18.2 Å². The fourth-order valence-electron chi connectivity index (χ4n) is 4.14. The first kappa shape index (κ1) is 20.6. The van der Waals surface area contributed by atoms with Crippen LogP contribution in [0.2, 0.25) is 0 Å². The third-order valence-electron chi connectivity index (χ3n) is 5.33. The standard InChI is InChI=1S/C24H14F2O7/c1-11(27)30-21-9-19-15(7-17(21)25)24(14-6-4-3-5-13(14)23(29)33-24)16-8-18(26)22(31-12(2)28)10-20(16)32-19/h3-10H,1-2H3. The molecule has 7 nitrogen and oxygen atoms in total. The van der Waals surface area contributed by atoms with Crippen molar-refractivity contribution in [3.05, 3.63) is 82.4 Å². The number of esters is 3. The molecule has 0 amide bonds. The summed E-state index contributed by atoms with van der Waals surface area (Å²) < 4.78 is 51.3. The predicted molar refractivity (Wildman–Crippen MR) is 107 cm³/mol. The van der Waals surface area contributed by atoms with Crippen molar-refractivity contribution in [2.75, 3.05) is 0 Å². The molecular formula is C24H14F2O7. The maximum absolute atomic E-state index is 14.9. The van der Waals surface area contributed by atoms with Gasteiger partial charge in [0.1, 0.15) is 11.5 Å². The number of ether oxygens (including phenoxy) is 4. The lowest BCUT2D eigenvalue weighted by atomic mass is 9.77. The third kappa shape index (κ3) is 3.04. The van der Waals surface area contributed by atoms with Crippen LogP contribution in [-0.2, 0) is 19.9 Å². The number of hydrogen-bond acceptors (Lipinski definition) is 7. The van der Waals surface area contributed by atoms with E-state index >= 15 is 0 Å². The Hall–Kier alpha value is -4.27. The Labute approximate surface area is 185 Å². The SMILES string of the molecule is CC(=O)Oc1cc2c(cc1F)C1(OC(=O)c3ccccc31)c1cc(F)c(OC(C)=O)cc1O2. The normalized spacial score (nSPS) is 14.5. The van der Waals surface area contributed by atoms with E-state index in [1.165, 1.54) is 6.07 Å². The Morgan fingerprint density at radius 3 is 1.85 bits per heavy atom. The van der Waals surface area contributed by atoms with Gasteiger partial charge >= 0.3 is 17.9 Å². The Morgan fingerprint density at radius 2 is 1.33 bits per heavy atom. The minimum absolute atomic E-state index is 0.00466. The molecule has 0 radical (unpaired) electrons. The molecule has 0 atom stereocenters. The summed E-state index contributed by atoms with van der Waals surface area (Å²) in [6.45, 7) is 2.22. The number of benzene rings is 3. The first-order valence-corrected chi connectivity index (χ1v) is 9.76. The van der Waals surface area contributed by atoms with Crippen molar-refractivity contribution in [1.82, 2.24) is 0 Å². The molecule has 0 saturated carbocycles. The first-order valence-electron chi connectivity index (χ1n) is 9.76. The minimum Gasteiger partial charge on any atom is -0.456 e. The Balaban J connectivity index is 1.82. The molecular weight excluding hydrogens is 438 g/mol. The fraction of sp³-hybridized carbons (Fsp3) is 0.125. The van der Waals surface area contributed by atoms with Crippen molar-refractivity contribution in [2.24, 2.45) is 0 Å². The van der Waals surface area contributed by atoms with Crippen molar-refractivity contribution in [3.63, 3.8) is 0 Å². The van der Waals surface area contributed by atoms with Gasteiger partial charge in [0.2, 0.25) is 0 Å². The van der Waals surface area contributed by atoms with Gasteiger partial charge in [-0.15, -0.1) is 0 Å². The van der Waals surface area contributed by atoms with E-state index in [0.717, 1.165) is 38.1 Å². The van der Waals surface area contributed by atoms with Crippen LogP contribution in [-0.4, -0.2) is 17.9 Å². The van der Waals surface area contributed by atoms with Crippen LogP contribution in [0.15, 0.2) is 48.5 Å². The summed E-state index contributed by atoms with van der Waals surface area (Å²) in [6.07, 6.45) is 0. The van der Waals surface area contributed by atoms with E-state index in [0.29, 0.717) is 5.56 Å². The average molecular weight is 452 g/mol. The summed E-state index contributed by atoms with van der Waals surface area (Å²) in [5.74, 6) is -4.82. The molecule has 5 rings (SSSR count). The second-order valence-electron chi connectivity index (χ2n) is 7.46. The Bertz CT molecular complexity index is 1310. The zero-order chi connectivity index (χ0) is 23.5. The number of carbonyl (C=O) groups excluding carboxylic acids is 3. The summed E-state index contributed by atoms with van der Waals surface area (Å²) in [5.41, 5.74) is -1.05. The van der Waals surface area contributed by atoms with Crippen LogP contribution in [0, 0.1) is 11.6 Å². The monoisotopic (exact) mass is 452 g/mol. The van der Waals surface area contributed by atoms with Crippen LogP contribution in [0.1, 0.15) is 40.9 Å². The summed E-state index contributed by atoms with van der Waals surface area (Å²) in [6, 6.07) is 10.7. The molecule has 3 aromatic rings. The minimum atomic E-state index is -1.75. The van der Waals surface area contributed by atoms with Crippen molar-refractivity contribution < 1.29 is 42.1 Å². The van der Waals surface area contributed by atoms with Gasteiger partial charge in [-0.3, -0.25) is 9.59 Å². The van der Waals surface area contributed by atoms with Gasteiger partial charge in [0.25, 0.3) is 0 Å². The van der Waals surface area contributed by atoms with E-state index in [4.69, 9.17) is 18.9 Å². The molecule has 1 spiro atoms. The Morgan fingerprint density at radius 1 is 0.818 bits per heavy atom. The maximum atomic E-state index is 14.9. The highest BCUT2D eigenvalue weighted by Crippen LogP contribution is 2.57. The second kappa shape index (κ2) is 7.13. The highest BCUT2D eigenvalue weighted by molar-refractivity contribution is 5.97. The van der Waals surface area contributed by atoms with Crippen LogP contribution in [0.4, 0.5) is 8.78 Å². The van der Waals surface area contributed by atoms with E-state index < -0.39 is 46.6 Å². The predicted octanol–water partition coefficient (Wildman–Crippen LogP) is 4.38. The number of carbonyl (C=O) groups is 3. The highest BCUT2D eigenvalue weighted by atomic mass is 19.1. The molecule has 2 aliphatic rings. The number of fused-ring (bicyclic) bond motifs is 6. The van der Waals surface area contributed by atoms with Gasteiger partial charge in [0.15, 0.2) is 28.7 Å². The molecule has 2 aliphatic heterocycles. The molecule has 166 valence electrons. The van der Waals surface area contributed by atoms with Gasteiger partial charge in [-0.1, -0.05) is 18.2 Å². The van der Waals surface area contributed by atoms with Crippen LogP contribution in [0.25, 0.3) is 0 Å². The summed E-state index contributed by atoms with van der Waals surface area (Å²) in [4.78, 5) is 35.5. The molecule has 0 saturated heterocycles. The van der Waals surface area contributed by atoms with E-state index in [-0.39, 0.29) is 28.2 Å². The quantitative estimate of drug-likeness (QED) is 0.421. The van der Waals surface area contributed by atoms with Gasteiger partial charge < -0.3 is 18.9 Å². The van der Waals surface area contributed by atoms with Gasteiger partial charge in [-0.25, -0.2) is 13.6 Å². The van der Waals surface area contributed by atoms with Crippen LogP contribution >= 0.6 is 0 Å². The number of halogens is 2. The number of rotatable bonds is 2. The topological polar surface area (TPSA) is 88.1 Å². The van der Waals surface area contributed by atoms with Gasteiger partial charge in [0, 0.05) is 31.5 Å². The van der Waals surface area contributed by atoms with Crippen molar-refractivity contribution >= 4 is 17.9 Å². The van der Waals surface area contributed by atoms with Crippen molar-refractivity contribution in [3.8, 4) is 23.0 Å². The third-order valence-corrected chi connectivity index (χ3v) is 5.33. The molecule has 0 aliphatic carbocycles. The molecule has 0 bridgehead atoms. The lowest BCUT2D eigenvalue weighted by Gasteiger charge is -2.36. The van der Waals surface area contributed by atoms with Crippen molar-refractivity contribution in [1.29, 1.82) is 0 Å². The molecule has 2 heterocycles. The van der Waals surface area contributed by atoms with Crippen LogP contribution in [0.5, 0.6) is 23.0 Å². The zero-order valence-corrected chi connectivity index (χ0v) is 17.2. The molecule has 0 aromatic heterocycles. The Kier molecular flexibility index (Phi) is 4.45. The molecule has 0 fully saturated rings. The van der Waals surface area contributed by atoms with E-state index in [1.807, 2.05) is 0 Å². The van der Waals surface area contributed by atoms with Crippen molar-refractivity contribution in [2.45, 2.75) is 19.4 Å². The highest BCUT2D eigenvalue weighted by Gasteiger charge is 2.54. The summed E-state index contributed by atoms with van der Waals surface area (Å²) >= 11 is 0. The van der Waals surface area contributed by atoms with E-state index in [9.17, 15) is 23.2 Å². The summed E-state index contributed by atoms with van der Waals surface area (Å²) in [5, 5.41) is 0. The smallest absolute Gasteiger partial charge is 0.340 e. The summed E-state index contributed by atoms with van der Waals surface area (Å²) in [7, 11) is 0. The molecule has 0 unspecified atom stereocenters. The molecule has 33 heavy (non-hydrogen) atoms. The average Bonchev–Trinajstić information content (AvgIpc) is 3.04. The lowest BCUT2D eigenvalue weighted by molar-refractivity contribution is -0.133. The zero-order valence-electron chi connectivity index (χ0n) is 17.2. The molecule has 9 heteroatoms. The van der Waals surface area contributed by atoms with E-state index in [1.54, 1.807) is 18.2 Å². The second-order valence-corrected chi connectivity index (χ2v) is 7.46. The fourth-order valence-corrected chi connectivity index (χ4v) is 4.14. The molecule has 0 N–H and O–H groups in total. The van der Waals surface area contributed by atoms with Crippen LogP contribution in [0.3, 0.4) is 0 Å². The van der Waals surface area contributed by atoms with Gasteiger partial charge in [-0.2, -0.15) is 0 Å².